The van der Waals surface area contributed by atoms with Crippen LogP contribution in [0.3, 0.4) is 0 Å². The van der Waals surface area contributed by atoms with Crippen LogP contribution in [0.1, 0.15) is 35.3 Å². The molecule has 0 saturated carbocycles. The Hall–Kier alpha value is -3.24. The second-order valence-corrected chi connectivity index (χ2v) is 10.0. The number of benzene rings is 2. The molecular weight excluding hydrogens is 446 g/mol. The number of hydrogen-bond acceptors (Lipinski definition) is 6. The monoisotopic (exact) mass is 473 g/mol. The van der Waals surface area contributed by atoms with Crippen molar-refractivity contribution in [3.63, 3.8) is 0 Å². The first-order chi connectivity index (χ1) is 15.7. The van der Waals surface area contributed by atoms with Gasteiger partial charge in [-0.25, -0.2) is 18.0 Å². The molecule has 0 radical (unpaired) electrons. The molecule has 0 bridgehead atoms. The van der Waals surface area contributed by atoms with Crippen LogP contribution >= 0.6 is 0 Å². The van der Waals surface area contributed by atoms with Crippen LogP contribution in [-0.4, -0.2) is 50.3 Å². The largest absolute Gasteiger partial charge is 0.452 e. The minimum atomic E-state index is -3.73. The summed E-state index contributed by atoms with van der Waals surface area (Å²) in [4.78, 5) is 35.6. The average Bonchev–Trinajstić information content (AvgIpc) is 2.81. The second kappa shape index (κ2) is 10.6. The second-order valence-electron chi connectivity index (χ2n) is 8.11. The number of rotatable bonds is 7. The first-order valence-corrected chi connectivity index (χ1v) is 12.0. The van der Waals surface area contributed by atoms with Crippen molar-refractivity contribution in [3.8, 4) is 0 Å². The number of fused-ring (bicyclic) bond motifs is 1. The van der Waals surface area contributed by atoms with E-state index < -0.39 is 34.5 Å². The molecule has 10 heteroatoms. The molecule has 0 spiro atoms. The third-order valence-corrected chi connectivity index (χ3v) is 6.94. The molecule has 0 aromatic heterocycles. The molecule has 2 aromatic carbocycles. The summed E-state index contributed by atoms with van der Waals surface area (Å²) in [6.07, 6.45) is 0.636. The van der Waals surface area contributed by atoms with Gasteiger partial charge in [-0.1, -0.05) is 38.1 Å². The maximum absolute atomic E-state index is 13.0. The maximum atomic E-state index is 13.0. The van der Waals surface area contributed by atoms with Gasteiger partial charge < -0.3 is 10.1 Å². The summed E-state index contributed by atoms with van der Waals surface area (Å²) in [6.45, 7) is 4.25. The van der Waals surface area contributed by atoms with Crippen molar-refractivity contribution < 1.29 is 27.5 Å². The van der Waals surface area contributed by atoms with Gasteiger partial charge in [0.1, 0.15) is 0 Å². The number of hydrogen-bond donors (Lipinski definition) is 2. The fraction of sp³-hybridized carbons (Fsp3) is 0.348. The molecule has 9 nitrogen and oxygen atoms in total. The van der Waals surface area contributed by atoms with Gasteiger partial charge in [0.05, 0.1) is 10.5 Å². The summed E-state index contributed by atoms with van der Waals surface area (Å²) >= 11 is 0. The van der Waals surface area contributed by atoms with E-state index >= 15 is 0 Å². The van der Waals surface area contributed by atoms with E-state index in [0.29, 0.717) is 26.1 Å². The Labute approximate surface area is 193 Å². The molecule has 2 aromatic rings. The number of urea groups is 1. The first-order valence-electron chi connectivity index (χ1n) is 10.6. The van der Waals surface area contributed by atoms with Crippen molar-refractivity contribution in [3.05, 3.63) is 65.2 Å². The van der Waals surface area contributed by atoms with Crippen molar-refractivity contribution in [2.75, 3.05) is 19.7 Å². The average molecular weight is 474 g/mol. The lowest BCUT2D eigenvalue weighted by molar-refractivity contribution is -0.123. The zero-order chi connectivity index (χ0) is 24.0. The van der Waals surface area contributed by atoms with E-state index in [9.17, 15) is 22.8 Å². The van der Waals surface area contributed by atoms with E-state index in [2.05, 4.69) is 10.6 Å². The zero-order valence-electron chi connectivity index (χ0n) is 18.5. The van der Waals surface area contributed by atoms with Crippen LogP contribution < -0.4 is 10.6 Å². The van der Waals surface area contributed by atoms with Crippen molar-refractivity contribution in [2.24, 2.45) is 5.92 Å². The van der Waals surface area contributed by atoms with Gasteiger partial charge in [-0.05, 0) is 47.7 Å². The lowest BCUT2D eigenvalue weighted by Crippen LogP contribution is -2.42. The van der Waals surface area contributed by atoms with Gasteiger partial charge >= 0.3 is 12.0 Å². The molecule has 3 rings (SSSR count). The molecule has 176 valence electrons. The van der Waals surface area contributed by atoms with Crippen LogP contribution in [0, 0.1) is 5.92 Å². The fourth-order valence-corrected chi connectivity index (χ4v) is 4.72. The molecule has 1 aliphatic heterocycles. The molecule has 0 saturated heterocycles. The Kier molecular flexibility index (Phi) is 7.83. The molecular formula is C23H27N3O6S. The lowest BCUT2D eigenvalue weighted by Gasteiger charge is -2.28. The first kappa shape index (κ1) is 24.4. The van der Waals surface area contributed by atoms with Crippen LogP contribution in [0.4, 0.5) is 4.79 Å². The molecule has 0 fully saturated rings. The quantitative estimate of drug-likeness (QED) is 0.594. The molecule has 0 aliphatic carbocycles. The topological polar surface area (TPSA) is 122 Å². The van der Waals surface area contributed by atoms with Crippen LogP contribution in [0.5, 0.6) is 0 Å². The third kappa shape index (κ3) is 6.39. The fourth-order valence-electron chi connectivity index (χ4n) is 3.31. The van der Waals surface area contributed by atoms with Crippen molar-refractivity contribution in [1.29, 1.82) is 0 Å². The predicted molar refractivity (Wildman–Crippen MR) is 121 cm³/mol. The van der Waals surface area contributed by atoms with Gasteiger partial charge in [-0.2, -0.15) is 4.31 Å². The molecule has 2 N–H and O–H groups in total. The van der Waals surface area contributed by atoms with Crippen LogP contribution in [0.25, 0.3) is 0 Å². The van der Waals surface area contributed by atoms with Crippen molar-refractivity contribution in [1.82, 2.24) is 14.9 Å². The molecule has 3 amide bonds. The highest BCUT2D eigenvalue weighted by atomic mass is 32.2. The minimum absolute atomic E-state index is 0.0676. The third-order valence-electron chi connectivity index (χ3n) is 5.08. The van der Waals surface area contributed by atoms with Crippen LogP contribution in [-0.2, 0) is 32.5 Å². The molecule has 33 heavy (non-hydrogen) atoms. The Morgan fingerprint density at radius 3 is 2.36 bits per heavy atom. The molecule has 1 heterocycles. The molecule has 1 aliphatic rings. The Bertz CT molecular complexity index is 1130. The predicted octanol–water partition coefficient (Wildman–Crippen LogP) is 2.07. The van der Waals surface area contributed by atoms with Crippen LogP contribution in [0.15, 0.2) is 53.4 Å². The zero-order valence-corrected chi connectivity index (χ0v) is 19.4. The van der Waals surface area contributed by atoms with Crippen molar-refractivity contribution >= 4 is 27.9 Å². The van der Waals surface area contributed by atoms with E-state index in [1.54, 1.807) is 0 Å². The van der Waals surface area contributed by atoms with E-state index in [1.807, 2.05) is 38.1 Å². The van der Waals surface area contributed by atoms with Gasteiger partial charge in [0.15, 0.2) is 6.61 Å². The van der Waals surface area contributed by atoms with Gasteiger partial charge in [0, 0.05) is 19.6 Å². The number of nitrogens with one attached hydrogen (secondary N) is 2. The van der Waals surface area contributed by atoms with Gasteiger partial charge in [0.25, 0.3) is 5.91 Å². The van der Waals surface area contributed by atoms with E-state index in [-0.39, 0.29) is 16.4 Å². The minimum Gasteiger partial charge on any atom is -0.452 e. The summed E-state index contributed by atoms with van der Waals surface area (Å²) < 4.78 is 32.3. The number of ether oxygens (including phenoxy) is 1. The lowest BCUT2D eigenvalue weighted by atomic mass is 10.0. The van der Waals surface area contributed by atoms with E-state index in [1.165, 1.54) is 28.6 Å². The number of amides is 3. The number of imide groups is 1. The standard InChI is InChI=1S/C23H27N3O6S/c1-16(2)13-24-23(29)25-21(27)15-32-22(28)18-7-9-20(10-8-18)33(30,31)26-12-11-17-5-3-4-6-19(17)14-26/h3-10,16H,11-15H2,1-2H3,(H2,24,25,27,29). The number of carbonyl (C=O) groups excluding carboxylic acids is 3. The normalized spacial score (nSPS) is 13.8. The highest BCUT2D eigenvalue weighted by molar-refractivity contribution is 7.89. The molecule has 0 unspecified atom stereocenters. The molecule has 0 atom stereocenters. The van der Waals surface area contributed by atoms with Gasteiger partial charge in [-0.3, -0.25) is 10.1 Å². The Morgan fingerprint density at radius 1 is 1.03 bits per heavy atom. The number of carbonyl (C=O) groups is 3. The smallest absolute Gasteiger partial charge is 0.338 e. The summed E-state index contributed by atoms with van der Waals surface area (Å²) in [6, 6.07) is 12.4. The summed E-state index contributed by atoms with van der Waals surface area (Å²) in [5.74, 6) is -1.35. The van der Waals surface area contributed by atoms with Gasteiger partial charge in [0.2, 0.25) is 10.0 Å². The van der Waals surface area contributed by atoms with Crippen LogP contribution in [0.2, 0.25) is 0 Å². The number of sulfonamides is 1. The summed E-state index contributed by atoms with van der Waals surface area (Å²) in [5.41, 5.74) is 2.21. The number of nitrogens with zero attached hydrogens (tertiary/aromatic N) is 1. The van der Waals surface area contributed by atoms with Crippen molar-refractivity contribution in [2.45, 2.75) is 31.7 Å². The Balaban J connectivity index is 1.55. The highest BCUT2D eigenvalue weighted by Gasteiger charge is 2.28. The Morgan fingerprint density at radius 2 is 1.70 bits per heavy atom. The van der Waals surface area contributed by atoms with E-state index in [4.69, 9.17) is 4.74 Å². The van der Waals surface area contributed by atoms with Gasteiger partial charge in [-0.15, -0.1) is 0 Å². The summed E-state index contributed by atoms with van der Waals surface area (Å²) in [7, 11) is -3.73. The number of esters is 1. The highest BCUT2D eigenvalue weighted by Crippen LogP contribution is 2.25. The summed E-state index contributed by atoms with van der Waals surface area (Å²) in [5, 5.41) is 4.58. The maximum Gasteiger partial charge on any atom is 0.338 e. The SMILES string of the molecule is CC(C)CNC(=O)NC(=O)COC(=O)c1ccc(S(=O)(=O)N2CCc3ccccc3C2)cc1. The van der Waals surface area contributed by atoms with E-state index in [0.717, 1.165) is 11.1 Å².